The third-order valence-corrected chi connectivity index (χ3v) is 2.89. The summed E-state index contributed by atoms with van der Waals surface area (Å²) >= 11 is 0. The van der Waals surface area contributed by atoms with Gasteiger partial charge in [-0.1, -0.05) is 0 Å². The van der Waals surface area contributed by atoms with Gasteiger partial charge in [0.2, 0.25) is 5.91 Å². The number of amides is 1. The van der Waals surface area contributed by atoms with Crippen molar-refractivity contribution in [3.05, 3.63) is 0 Å². The van der Waals surface area contributed by atoms with Crippen LogP contribution in [0.2, 0.25) is 0 Å². The second-order valence-corrected chi connectivity index (χ2v) is 4.86. The maximum atomic E-state index is 11.6. The van der Waals surface area contributed by atoms with E-state index in [0.29, 0.717) is 12.5 Å². The lowest BCUT2D eigenvalue weighted by Crippen LogP contribution is -2.39. The van der Waals surface area contributed by atoms with E-state index in [9.17, 15) is 4.79 Å². The molecule has 1 N–H and O–H groups in total. The molecule has 84 valence electrons. The van der Waals surface area contributed by atoms with Crippen LogP contribution in [0.1, 0.15) is 20.3 Å². The first-order chi connectivity index (χ1) is 6.95. The van der Waals surface area contributed by atoms with Crippen LogP contribution in [0.4, 0.5) is 0 Å². The minimum Gasteiger partial charge on any atom is -0.354 e. The fourth-order valence-electron chi connectivity index (χ4n) is 1.70. The van der Waals surface area contributed by atoms with E-state index in [-0.39, 0.29) is 5.91 Å². The maximum Gasteiger partial charge on any atom is 0.239 e. The Hall–Kier alpha value is -1.08. The highest BCUT2D eigenvalue weighted by Crippen LogP contribution is 2.15. The smallest absolute Gasteiger partial charge is 0.239 e. The molecule has 15 heavy (non-hydrogen) atoms. The number of nitrogens with one attached hydrogen (secondary N) is 1. The van der Waals surface area contributed by atoms with Crippen molar-refractivity contribution < 1.29 is 4.79 Å². The molecule has 4 heteroatoms. The van der Waals surface area contributed by atoms with Crippen LogP contribution in [0.25, 0.3) is 0 Å². The Morgan fingerprint density at radius 1 is 1.67 bits per heavy atom. The number of hydrogen-bond donors (Lipinski definition) is 1. The molecule has 1 fully saturated rings. The number of likely N-dealkylation sites (tertiary alicyclic amines) is 1. The summed E-state index contributed by atoms with van der Waals surface area (Å²) in [4.78, 5) is 13.8. The summed E-state index contributed by atoms with van der Waals surface area (Å²) < 4.78 is 0. The first-order valence-electron chi connectivity index (χ1n) is 5.34. The molecule has 4 nitrogen and oxygen atoms in total. The van der Waals surface area contributed by atoms with Crippen molar-refractivity contribution in [3.8, 4) is 6.07 Å². The molecule has 1 heterocycles. The topological polar surface area (TPSA) is 56.1 Å². The first-order valence-corrected chi connectivity index (χ1v) is 5.34. The molecule has 0 aromatic heterocycles. The predicted molar refractivity (Wildman–Crippen MR) is 58.0 cm³/mol. The molecule has 0 aliphatic carbocycles. The predicted octanol–water partition coefficient (Wildman–Crippen LogP) is 0.604. The Kier molecular flexibility index (Phi) is 3.70. The number of hydrogen-bond acceptors (Lipinski definition) is 3. The third kappa shape index (κ3) is 3.21. The fraction of sp³-hybridized carbons (Fsp3) is 0.818. The number of nitriles is 1. The van der Waals surface area contributed by atoms with Gasteiger partial charge in [-0.2, -0.15) is 5.26 Å². The zero-order valence-electron chi connectivity index (χ0n) is 9.71. The first kappa shape index (κ1) is 12.0. The van der Waals surface area contributed by atoms with Crippen LogP contribution in [0.15, 0.2) is 0 Å². The lowest BCUT2D eigenvalue weighted by molar-refractivity contribution is -0.126. The van der Waals surface area contributed by atoms with Crippen molar-refractivity contribution in [2.75, 3.05) is 26.7 Å². The Morgan fingerprint density at radius 3 is 2.80 bits per heavy atom. The highest BCUT2D eigenvalue weighted by molar-refractivity contribution is 5.84. The van der Waals surface area contributed by atoms with Crippen molar-refractivity contribution in [2.45, 2.75) is 20.3 Å². The minimum atomic E-state index is -0.912. The molecular formula is C11H19N3O. The van der Waals surface area contributed by atoms with E-state index in [0.717, 1.165) is 19.5 Å². The number of nitrogens with zero attached hydrogens (tertiary/aromatic N) is 2. The molecule has 0 aromatic rings. The van der Waals surface area contributed by atoms with Crippen molar-refractivity contribution in [2.24, 2.45) is 11.3 Å². The third-order valence-electron chi connectivity index (χ3n) is 2.89. The van der Waals surface area contributed by atoms with Gasteiger partial charge in [0.05, 0.1) is 6.07 Å². The molecule has 1 rings (SSSR count). The minimum absolute atomic E-state index is 0.167. The van der Waals surface area contributed by atoms with Gasteiger partial charge in [0.1, 0.15) is 5.41 Å². The summed E-state index contributed by atoms with van der Waals surface area (Å²) in [6.07, 6.45) is 1.13. The molecule has 0 bridgehead atoms. The highest BCUT2D eigenvalue weighted by atomic mass is 16.2. The standard InChI is InChI=1S/C11H19N3O/c1-11(2,8-12)10(15)13-6-9-4-5-14(3)7-9/h9H,4-7H2,1-3H3,(H,13,15). The van der Waals surface area contributed by atoms with Crippen LogP contribution in [0, 0.1) is 22.7 Å². The summed E-state index contributed by atoms with van der Waals surface area (Å²) in [5.74, 6) is 0.369. The van der Waals surface area contributed by atoms with Gasteiger partial charge < -0.3 is 10.2 Å². The lowest BCUT2D eigenvalue weighted by Gasteiger charge is -2.17. The van der Waals surface area contributed by atoms with Gasteiger partial charge in [-0.05, 0) is 39.8 Å². The van der Waals surface area contributed by atoms with Crippen LogP contribution >= 0.6 is 0 Å². The SMILES string of the molecule is CN1CCC(CNC(=O)C(C)(C)C#N)C1. The number of carbonyl (C=O) groups is 1. The molecule has 1 saturated heterocycles. The fourth-order valence-corrected chi connectivity index (χ4v) is 1.70. The molecule has 0 spiro atoms. The van der Waals surface area contributed by atoms with Crippen molar-refractivity contribution in [1.82, 2.24) is 10.2 Å². The van der Waals surface area contributed by atoms with Crippen molar-refractivity contribution in [1.29, 1.82) is 5.26 Å². The summed E-state index contributed by atoms with van der Waals surface area (Å²) in [6, 6.07) is 2.00. The summed E-state index contributed by atoms with van der Waals surface area (Å²) in [7, 11) is 2.08. The number of rotatable bonds is 3. The van der Waals surface area contributed by atoms with Gasteiger partial charge in [-0.3, -0.25) is 4.79 Å². The average molecular weight is 209 g/mol. The highest BCUT2D eigenvalue weighted by Gasteiger charge is 2.28. The van der Waals surface area contributed by atoms with Crippen molar-refractivity contribution >= 4 is 5.91 Å². The molecule has 1 unspecified atom stereocenters. The Balaban J connectivity index is 2.32. The Morgan fingerprint density at radius 2 is 2.33 bits per heavy atom. The molecule has 0 saturated carbocycles. The molecule has 1 amide bonds. The Bertz CT molecular complexity index is 280. The second kappa shape index (κ2) is 4.63. The lowest BCUT2D eigenvalue weighted by atomic mass is 9.94. The number of carbonyl (C=O) groups excluding carboxylic acids is 1. The molecule has 0 aromatic carbocycles. The Labute approximate surface area is 91.2 Å². The maximum absolute atomic E-state index is 11.6. The zero-order valence-corrected chi connectivity index (χ0v) is 9.71. The van der Waals surface area contributed by atoms with Crippen LogP contribution < -0.4 is 5.32 Å². The van der Waals surface area contributed by atoms with E-state index in [1.165, 1.54) is 0 Å². The summed E-state index contributed by atoms with van der Waals surface area (Å²) in [5.41, 5.74) is -0.912. The molecule has 1 aliphatic rings. The normalized spacial score (nSPS) is 22.4. The summed E-state index contributed by atoms with van der Waals surface area (Å²) in [6.45, 7) is 6.11. The van der Waals surface area contributed by atoms with E-state index < -0.39 is 5.41 Å². The molecular weight excluding hydrogens is 190 g/mol. The van der Waals surface area contributed by atoms with E-state index in [1.54, 1.807) is 13.8 Å². The molecule has 0 radical (unpaired) electrons. The van der Waals surface area contributed by atoms with Gasteiger partial charge in [-0.25, -0.2) is 0 Å². The van der Waals surface area contributed by atoms with Crippen LogP contribution in [-0.4, -0.2) is 37.5 Å². The average Bonchev–Trinajstić information content (AvgIpc) is 2.60. The van der Waals surface area contributed by atoms with E-state index >= 15 is 0 Å². The van der Waals surface area contributed by atoms with Gasteiger partial charge in [0.25, 0.3) is 0 Å². The van der Waals surface area contributed by atoms with Gasteiger partial charge in [0.15, 0.2) is 0 Å². The van der Waals surface area contributed by atoms with E-state index in [2.05, 4.69) is 17.3 Å². The van der Waals surface area contributed by atoms with Crippen LogP contribution in [0.3, 0.4) is 0 Å². The molecule has 1 atom stereocenters. The summed E-state index contributed by atoms with van der Waals surface area (Å²) in [5, 5.41) is 11.6. The van der Waals surface area contributed by atoms with E-state index in [1.807, 2.05) is 6.07 Å². The quantitative estimate of drug-likeness (QED) is 0.740. The van der Waals surface area contributed by atoms with Gasteiger partial charge >= 0.3 is 0 Å². The second-order valence-electron chi connectivity index (χ2n) is 4.86. The van der Waals surface area contributed by atoms with Crippen LogP contribution in [0.5, 0.6) is 0 Å². The van der Waals surface area contributed by atoms with E-state index in [4.69, 9.17) is 5.26 Å². The van der Waals surface area contributed by atoms with Crippen molar-refractivity contribution in [3.63, 3.8) is 0 Å². The zero-order chi connectivity index (χ0) is 11.5. The monoisotopic (exact) mass is 209 g/mol. The largest absolute Gasteiger partial charge is 0.354 e. The van der Waals surface area contributed by atoms with Gasteiger partial charge in [0, 0.05) is 13.1 Å². The van der Waals surface area contributed by atoms with Gasteiger partial charge in [-0.15, -0.1) is 0 Å². The molecule has 1 aliphatic heterocycles. The van der Waals surface area contributed by atoms with Crippen LogP contribution in [-0.2, 0) is 4.79 Å².